The maximum Gasteiger partial charge on any atom is 0.416 e. The average Bonchev–Trinajstić information content (AvgIpc) is 3.58. The Bertz CT molecular complexity index is 1640. The highest BCUT2D eigenvalue weighted by atomic mass is 19.4. The maximum atomic E-state index is 13.6. The van der Waals surface area contributed by atoms with Crippen molar-refractivity contribution < 1.29 is 32.2 Å². The summed E-state index contributed by atoms with van der Waals surface area (Å²) in [5.41, 5.74) is 3.69. The summed E-state index contributed by atoms with van der Waals surface area (Å²) >= 11 is 0. The van der Waals surface area contributed by atoms with Crippen LogP contribution in [0, 0.1) is 5.92 Å². The number of hydrogen-bond acceptors (Lipinski definition) is 4. The van der Waals surface area contributed by atoms with Gasteiger partial charge in [0.25, 0.3) is 0 Å². The summed E-state index contributed by atoms with van der Waals surface area (Å²) in [5, 5.41) is 1.06. The number of H-pyrrole nitrogens is 1. The number of amides is 1. The zero-order valence-corrected chi connectivity index (χ0v) is 22.6. The lowest BCUT2D eigenvalue weighted by molar-refractivity contribution is -0.137. The molecular weight excluding hydrogens is 533 g/mol. The van der Waals surface area contributed by atoms with E-state index in [0.717, 1.165) is 45.6 Å². The molecule has 1 aromatic heterocycles. The molecule has 9 heteroatoms. The number of hydrogen-bond donors (Lipinski definition) is 1. The molecule has 0 saturated carbocycles. The molecule has 2 atom stereocenters. The second-order valence-corrected chi connectivity index (χ2v) is 10.5. The molecule has 4 aromatic rings. The number of nitrogens with one attached hydrogen (secondary N) is 1. The van der Waals surface area contributed by atoms with E-state index >= 15 is 0 Å². The molecule has 1 N–H and O–H groups in total. The molecular formula is C32H29F3N2O4. The number of halogens is 3. The van der Waals surface area contributed by atoms with E-state index in [1.807, 2.05) is 41.3 Å². The van der Waals surface area contributed by atoms with Crippen LogP contribution in [0.25, 0.3) is 17.0 Å². The van der Waals surface area contributed by atoms with Crippen molar-refractivity contribution in [3.63, 3.8) is 0 Å². The summed E-state index contributed by atoms with van der Waals surface area (Å²) in [7, 11) is 1.63. The predicted molar refractivity (Wildman–Crippen MR) is 149 cm³/mol. The molecule has 6 rings (SSSR count). The molecule has 3 aromatic carbocycles. The van der Waals surface area contributed by atoms with Crippen molar-refractivity contribution in [1.82, 2.24) is 9.88 Å². The molecule has 3 heterocycles. The van der Waals surface area contributed by atoms with Gasteiger partial charge in [-0.2, -0.15) is 13.2 Å². The van der Waals surface area contributed by atoms with E-state index in [-0.39, 0.29) is 24.7 Å². The zero-order valence-electron chi connectivity index (χ0n) is 22.6. The van der Waals surface area contributed by atoms with Gasteiger partial charge in [-0.1, -0.05) is 25.1 Å². The third-order valence-corrected chi connectivity index (χ3v) is 7.83. The summed E-state index contributed by atoms with van der Waals surface area (Å²) in [4.78, 5) is 19.0. The van der Waals surface area contributed by atoms with Crippen LogP contribution in [-0.2, 0) is 23.8 Å². The standard InChI is InChI=1S/C32H29F3N2O4/c1-19(14-21-6-10-27-28(16-21)41-18-40-27)31-30-24(25-17-23(39-2)8-9-26(25)36-30)12-13-37(31)29(38)11-7-20-4-3-5-22(15-20)32(33,34)35/h3-11,15-17,19,31,36H,12-14,18H2,1-2H3/b11-7+. The SMILES string of the molecule is COc1ccc2[nH]c3c(c2c1)CCN(C(=O)/C=C/c1cccc(C(F)(F)F)c1)C3C(C)Cc1ccc2c(c1)OCO2. The van der Waals surface area contributed by atoms with Gasteiger partial charge in [-0.05, 0) is 84.0 Å². The van der Waals surface area contributed by atoms with Crippen LogP contribution in [0.4, 0.5) is 13.2 Å². The third-order valence-electron chi connectivity index (χ3n) is 7.83. The number of carbonyl (C=O) groups is 1. The first kappa shape index (κ1) is 26.8. The minimum absolute atomic E-state index is 0.00436. The Hall–Kier alpha value is -4.40. The Morgan fingerprint density at radius 2 is 1.95 bits per heavy atom. The minimum Gasteiger partial charge on any atom is -0.497 e. The van der Waals surface area contributed by atoms with Gasteiger partial charge in [0, 0.05) is 29.2 Å². The number of ether oxygens (including phenoxy) is 3. The quantitative estimate of drug-likeness (QED) is 0.259. The van der Waals surface area contributed by atoms with E-state index in [0.29, 0.717) is 36.4 Å². The molecule has 0 spiro atoms. The maximum absolute atomic E-state index is 13.6. The van der Waals surface area contributed by atoms with Gasteiger partial charge in [-0.3, -0.25) is 4.79 Å². The fourth-order valence-electron chi connectivity index (χ4n) is 5.90. The van der Waals surface area contributed by atoms with Gasteiger partial charge in [0.2, 0.25) is 12.7 Å². The van der Waals surface area contributed by atoms with Gasteiger partial charge in [-0.25, -0.2) is 0 Å². The Kier molecular flexibility index (Phi) is 6.89. The topological polar surface area (TPSA) is 63.8 Å². The van der Waals surface area contributed by atoms with Crippen molar-refractivity contribution in [2.45, 2.75) is 32.0 Å². The number of rotatable bonds is 6. The highest BCUT2D eigenvalue weighted by Gasteiger charge is 2.36. The Labute approximate surface area is 235 Å². The first-order valence-corrected chi connectivity index (χ1v) is 13.4. The van der Waals surface area contributed by atoms with Crippen molar-refractivity contribution in [3.8, 4) is 17.2 Å². The van der Waals surface area contributed by atoms with Crippen LogP contribution in [0.5, 0.6) is 17.2 Å². The van der Waals surface area contributed by atoms with Crippen LogP contribution in [0.3, 0.4) is 0 Å². The average molecular weight is 563 g/mol. The first-order valence-electron chi connectivity index (χ1n) is 13.4. The lowest BCUT2D eigenvalue weighted by Gasteiger charge is -2.39. The monoisotopic (exact) mass is 562 g/mol. The molecule has 1 amide bonds. The smallest absolute Gasteiger partial charge is 0.416 e. The number of fused-ring (bicyclic) bond motifs is 4. The molecule has 212 valence electrons. The van der Waals surface area contributed by atoms with Gasteiger partial charge in [0.1, 0.15) is 5.75 Å². The van der Waals surface area contributed by atoms with E-state index in [4.69, 9.17) is 14.2 Å². The van der Waals surface area contributed by atoms with Crippen LogP contribution in [-0.4, -0.2) is 36.2 Å². The first-order chi connectivity index (χ1) is 19.7. The number of aromatic nitrogens is 1. The van der Waals surface area contributed by atoms with E-state index in [9.17, 15) is 18.0 Å². The summed E-state index contributed by atoms with van der Waals surface area (Å²) in [5.74, 6) is 1.91. The molecule has 2 aliphatic rings. The second-order valence-electron chi connectivity index (χ2n) is 10.5. The van der Waals surface area contributed by atoms with E-state index in [1.54, 1.807) is 13.2 Å². The highest BCUT2D eigenvalue weighted by Crippen LogP contribution is 2.42. The van der Waals surface area contributed by atoms with Crippen LogP contribution in [0.2, 0.25) is 0 Å². The number of aromatic amines is 1. The molecule has 2 unspecified atom stereocenters. The summed E-state index contributed by atoms with van der Waals surface area (Å²) in [6, 6.07) is 16.4. The number of nitrogens with zero attached hydrogens (tertiary/aromatic N) is 1. The molecule has 2 aliphatic heterocycles. The zero-order chi connectivity index (χ0) is 28.7. The number of benzene rings is 3. The van der Waals surface area contributed by atoms with Gasteiger partial charge in [-0.15, -0.1) is 0 Å². The molecule has 0 saturated heterocycles. The van der Waals surface area contributed by atoms with Crippen molar-refractivity contribution >= 4 is 22.9 Å². The van der Waals surface area contributed by atoms with Crippen LogP contribution in [0.1, 0.15) is 40.9 Å². The Balaban J connectivity index is 1.34. The lowest BCUT2D eigenvalue weighted by atomic mass is 9.85. The normalized spacial score (nSPS) is 17.2. The molecule has 0 aliphatic carbocycles. The summed E-state index contributed by atoms with van der Waals surface area (Å²) in [6.07, 6.45) is -0.334. The lowest BCUT2D eigenvalue weighted by Crippen LogP contribution is -2.42. The van der Waals surface area contributed by atoms with Gasteiger partial charge >= 0.3 is 6.18 Å². The Morgan fingerprint density at radius 3 is 2.76 bits per heavy atom. The van der Waals surface area contributed by atoms with Gasteiger partial charge in [0.05, 0.1) is 18.7 Å². The van der Waals surface area contributed by atoms with Gasteiger partial charge in [0.15, 0.2) is 11.5 Å². The number of methoxy groups -OCH3 is 1. The molecule has 6 nitrogen and oxygen atoms in total. The van der Waals surface area contributed by atoms with E-state index < -0.39 is 11.7 Å². The fraction of sp³-hybridized carbons (Fsp3) is 0.281. The largest absolute Gasteiger partial charge is 0.497 e. The fourth-order valence-corrected chi connectivity index (χ4v) is 5.90. The summed E-state index contributed by atoms with van der Waals surface area (Å²) in [6.45, 7) is 2.77. The minimum atomic E-state index is -4.45. The Morgan fingerprint density at radius 1 is 1.12 bits per heavy atom. The van der Waals surface area contributed by atoms with E-state index in [2.05, 4.69) is 11.9 Å². The predicted octanol–water partition coefficient (Wildman–Crippen LogP) is 6.94. The van der Waals surface area contributed by atoms with E-state index in [1.165, 1.54) is 18.2 Å². The molecule has 0 bridgehead atoms. The summed E-state index contributed by atoms with van der Waals surface area (Å²) < 4.78 is 56.1. The van der Waals surface area contributed by atoms with Crippen molar-refractivity contribution in [2.75, 3.05) is 20.4 Å². The molecule has 0 fully saturated rings. The highest BCUT2D eigenvalue weighted by molar-refractivity contribution is 5.93. The van der Waals surface area contributed by atoms with Crippen molar-refractivity contribution in [2.24, 2.45) is 5.92 Å². The number of carbonyl (C=O) groups excluding carboxylic acids is 1. The molecule has 0 radical (unpaired) electrons. The van der Waals surface area contributed by atoms with Crippen LogP contribution >= 0.6 is 0 Å². The van der Waals surface area contributed by atoms with Crippen molar-refractivity contribution in [1.29, 1.82) is 0 Å². The third kappa shape index (κ3) is 5.24. The van der Waals surface area contributed by atoms with Gasteiger partial charge < -0.3 is 24.1 Å². The van der Waals surface area contributed by atoms with Crippen LogP contribution < -0.4 is 14.2 Å². The van der Waals surface area contributed by atoms with Crippen LogP contribution in [0.15, 0.2) is 66.7 Å². The van der Waals surface area contributed by atoms with Crippen molar-refractivity contribution in [3.05, 3.63) is 94.7 Å². The molecule has 41 heavy (non-hydrogen) atoms. The number of alkyl halides is 3. The second kappa shape index (κ2) is 10.5.